The van der Waals surface area contributed by atoms with Crippen molar-refractivity contribution in [3.05, 3.63) is 11.7 Å². The molecular formula is C14H24IN5O2. The molecule has 2 saturated heterocycles. The quantitative estimate of drug-likeness (QED) is 0.324. The number of hydrogen-bond donors (Lipinski definition) is 2. The van der Waals surface area contributed by atoms with E-state index in [0.29, 0.717) is 30.0 Å². The molecule has 2 aliphatic rings. The van der Waals surface area contributed by atoms with Crippen molar-refractivity contribution >= 4 is 29.9 Å². The fourth-order valence-corrected chi connectivity index (χ4v) is 3.05. The molecule has 3 unspecified atom stereocenters. The van der Waals surface area contributed by atoms with Crippen LogP contribution in [0.25, 0.3) is 0 Å². The van der Waals surface area contributed by atoms with E-state index in [9.17, 15) is 0 Å². The molecule has 2 N–H and O–H groups in total. The van der Waals surface area contributed by atoms with E-state index in [2.05, 4.69) is 25.8 Å². The van der Waals surface area contributed by atoms with E-state index in [4.69, 9.17) is 9.26 Å². The molecule has 2 fully saturated rings. The van der Waals surface area contributed by atoms with Crippen molar-refractivity contribution in [3.63, 3.8) is 0 Å². The molecule has 7 nitrogen and oxygen atoms in total. The maximum Gasteiger partial charge on any atom is 0.226 e. The number of fused-ring (bicyclic) bond motifs is 2. The minimum absolute atomic E-state index is 0. The van der Waals surface area contributed by atoms with Gasteiger partial charge in [-0.3, -0.25) is 4.99 Å². The number of ether oxygens (including phenoxy) is 1. The summed E-state index contributed by atoms with van der Waals surface area (Å²) in [5.74, 6) is 2.23. The molecule has 8 heteroatoms. The number of aromatic nitrogens is 2. The van der Waals surface area contributed by atoms with Crippen LogP contribution in [0.4, 0.5) is 0 Å². The Morgan fingerprint density at radius 1 is 1.41 bits per heavy atom. The van der Waals surface area contributed by atoms with Crippen LogP contribution in [0.3, 0.4) is 0 Å². The molecule has 0 saturated carbocycles. The van der Waals surface area contributed by atoms with Crippen molar-refractivity contribution < 1.29 is 9.26 Å². The fourth-order valence-electron chi connectivity index (χ4n) is 3.05. The van der Waals surface area contributed by atoms with Crippen LogP contribution in [0.5, 0.6) is 0 Å². The lowest BCUT2D eigenvalue weighted by Gasteiger charge is -2.22. The average molecular weight is 421 g/mol. The van der Waals surface area contributed by atoms with Crippen LogP contribution in [-0.4, -0.2) is 47.9 Å². The van der Waals surface area contributed by atoms with E-state index in [1.807, 2.05) is 6.92 Å². The molecule has 2 aliphatic heterocycles. The lowest BCUT2D eigenvalue weighted by atomic mass is 9.96. The van der Waals surface area contributed by atoms with Crippen LogP contribution in [-0.2, 0) is 11.2 Å². The molecular weight excluding hydrogens is 397 g/mol. The maximum atomic E-state index is 5.84. The summed E-state index contributed by atoms with van der Waals surface area (Å²) in [6.45, 7) is 2.65. The number of nitrogens with zero attached hydrogens (tertiary/aromatic N) is 3. The van der Waals surface area contributed by atoms with Gasteiger partial charge in [0.15, 0.2) is 11.8 Å². The number of nitrogens with one attached hydrogen (secondary N) is 2. The van der Waals surface area contributed by atoms with E-state index in [1.54, 1.807) is 7.05 Å². The second-order valence-electron chi connectivity index (χ2n) is 5.70. The first-order chi connectivity index (χ1) is 10.2. The van der Waals surface area contributed by atoms with Crippen molar-refractivity contribution in [1.82, 2.24) is 20.8 Å². The van der Waals surface area contributed by atoms with Crippen molar-refractivity contribution in [2.75, 3.05) is 13.6 Å². The monoisotopic (exact) mass is 421 g/mol. The smallest absolute Gasteiger partial charge is 0.226 e. The van der Waals surface area contributed by atoms with Gasteiger partial charge in [-0.2, -0.15) is 4.98 Å². The Morgan fingerprint density at radius 3 is 2.86 bits per heavy atom. The van der Waals surface area contributed by atoms with Crippen LogP contribution in [0.2, 0.25) is 0 Å². The third-order valence-electron chi connectivity index (χ3n) is 4.08. The molecule has 3 rings (SSSR count). The molecule has 1 aromatic rings. The van der Waals surface area contributed by atoms with Crippen LogP contribution >= 0.6 is 24.0 Å². The molecule has 3 heterocycles. The van der Waals surface area contributed by atoms with Gasteiger partial charge in [0.1, 0.15) is 0 Å². The summed E-state index contributed by atoms with van der Waals surface area (Å²) in [4.78, 5) is 8.46. The van der Waals surface area contributed by atoms with Gasteiger partial charge >= 0.3 is 0 Å². The molecule has 22 heavy (non-hydrogen) atoms. The Morgan fingerprint density at radius 2 is 2.27 bits per heavy atom. The largest absolute Gasteiger partial charge is 0.373 e. The van der Waals surface area contributed by atoms with Crippen molar-refractivity contribution in [3.8, 4) is 0 Å². The predicted octanol–water partition coefficient (Wildman–Crippen LogP) is 1.41. The summed E-state index contributed by atoms with van der Waals surface area (Å²) >= 11 is 0. The van der Waals surface area contributed by atoms with Gasteiger partial charge in [0.2, 0.25) is 5.89 Å². The van der Waals surface area contributed by atoms with Gasteiger partial charge in [0.25, 0.3) is 0 Å². The average Bonchev–Trinajstić information content (AvgIpc) is 3.19. The normalized spacial score (nSPS) is 26.8. The van der Waals surface area contributed by atoms with Crippen LogP contribution in [0.1, 0.15) is 37.4 Å². The van der Waals surface area contributed by atoms with Crippen LogP contribution in [0, 0.1) is 6.92 Å². The molecule has 0 aliphatic carbocycles. The highest BCUT2D eigenvalue weighted by Crippen LogP contribution is 2.34. The molecule has 2 bridgehead atoms. The number of hydrogen-bond acceptors (Lipinski definition) is 5. The topological polar surface area (TPSA) is 84.6 Å². The first-order valence-corrected chi connectivity index (χ1v) is 7.66. The third-order valence-corrected chi connectivity index (χ3v) is 4.08. The first kappa shape index (κ1) is 17.5. The third kappa shape index (κ3) is 4.31. The van der Waals surface area contributed by atoms with E-state index < -0.39 is 0 Å². The number of aliphatic imine (C=N–C) groups is 1. The predicted molar refractivity (Wildman–Crippen MR) is 93.6 cm³/mol. The van der Waals surface area contributed by atoms with E-state index in [0.717, 1.165) is 38.2 Å². The van der Waals surface area contributed by atoms with Gasteiger partial charge in [-0.15, -0.1) is 24.0 Å². The van der Waals surface area contributed by atoms with Gasteiger partial charge in [-0.25, -0.2) is 0 Å². The Bertz CT molecular complexity index is 507. The minimum atomic E-state index is 0. The number of rotatable bonds is 5. The Hall–Kier alpha value is -0.900. The second kappa shape index (κ2) is 8.09. The van der Waals surface area contributed by atoms with Gasteiger partial charge < -0.3 is 19.9 Å². The lowest BCUT2D eigenvalue weighted by Crippen LogP contribution is -2.47. The van der Waals surface area contributed by atoms with E-state index in [-0.39, 0.29) is 24.0 Å². The highest BCUT2D eigenvalue weighted by atomic mass is 127. The van der Waals surface area contributed by atoms with Gasteiger partial charge in [0.05, 0.1) is 18.2 Å². The highest BCUT2D eigenvalue weighted by molar-refractivity contribution is 14.0. The summed E-state index contributed by atoms with van der Waals surface area (Å²) in [6, 6.07) is 0.397. The molecule has 1 aromatic heterocycles. The van der Waals surface area contributed by atoms with E-state index in [1.165, 1.54) is 6.42 Å². The SMILES string of the molecule is CN=C(NCCCc1nc(C)no1)NC1CC2CCC1O2.I. The van der Waals surface area contributed by atoms with Gasteiger partial charge in [0, 0.05) is 20.0 Å². The van der Waals surface area contributed by atoms with Crippen molar-refractivity contribution in [2.24, 2.45) is 4.99 Å². The zero-order valence-corrected chi connectivity index (χ0v) is 15.4. The van der Waals surface area contributed by atoms with Gasteiger partial charge in [-0.1, -0.05) is 5.16 Å². The zero-order valence-electron chi connectivity index (χ0n) is 13.0. The standard InChI is InChI=1S/C14H23N5O2.HI/c1-9-17-13(21-19-9)4-3-7-16-14(15-2)18-11-8-10-5-6-12(11)20-10;/h10-12H,3-8H2,1-2H3,(H2,15,16,18);1H. The van der Waals surface area contributed by atoms with Crippen molar-refractivity contribution in [2.45, 2.75) is 57.3 Å². The van der Waals surface area contributed by atoms with Crippen LogP contribution < -0.4 is 10.6 Å². The summed E-state index contributed by atoms with van der Waals surface area (Å²) < 4.78 is 10.9. The summed E-state index contributed by atoms with van der Waals surface area (Å²) in [7, 11) is 1.80. The number of halogens is 1. The molecule has 3 atom stereocenters. The Balaban J connectivity index is 0.00000176. The number of aryl methyl sites for hydroxylation is 2. The summed E-state index contributed by atoms with van der Waals surface area (Å²) in [5.41, 5.74) is 0. The fraction of sp³-hybridized carbons (Fsp3) is 0.786. The zero-order chi connectivity index (χ0) is 14.7. The lowest BCUT2D eigenvalue weighted by molar-refractivity contribution is 0.0992. The first-order valence-electron chi connectivity index (χ1n) is 7.66. The number of guanidine groups is 1. The summed E-state index contributed by atoms with van der Waals surface area (Å²) in [5, 5.41) is 10.6. The molecule has 124 valence electrons. The Kier molecular flexibility index (Phi) is 6.42. The Labute approximate surface area is 147 Å². The molecule has 0 aromatic carbocycles. The summed E-state index contributed by atoms with van der Waals surface area (Å²) in [6.07, 6.45) is 5.97. The minimum Gasteiger partial charge on any atom is -0.373 e. The van der Waals surface area contributed by atoms with E-state index >= 15 is 0 Å². The second-order valence-corrected chi connectivity index (χ2v) is 5.70. The van der Waals surface area contributed by atoms with Crippen molar-refractivity contribution in [1.29, 1.82) is 0 Å². The molecule has 0 amide bonds. The maximum absolute atomic E-state index is 5.84. The van der Waals surface area contributed by atoms with Gasteiger partial charge in [-0.05, 0) is 32.6 Å². The molecule has 0 spiro atoms. The van der Waals surface area contributed by atoms with Crippen LogP contribution in [0.15, 0.2) is 9.52 Å². The molecule has 0 radical (unpaired) electrons. The highest BCUT2D eigenvalue weighted by Gasteiger charge is 2.41.